The predicted molar refractivity (Wildman–Crippen MR) is 67.1 cm³/mol. The van der Waals surface area contributed by atoms with Crippen LogP contribution in [-0.2, 0) is 23.2 Å². The number of allylic oxidation sites excluding steroid dienone is 8. The van der Waals surface area contributed by atoms with Crippen molar-refractivity contribution in [3.63, 3.8) is 0 Å². The van der Waals surface area contributed by atoms with Gasteiger partial charge in [0.05, 0.1) is 0 Å². The summed E-state index contributed by atoms with van der Waals surface area (Å²) in [6, 6.07) is 0. The second-order valence-electron chi connectivity index (χ2n) is 5.96. The molecular weight excluding hydrogens is 342 g/mol. The fourth-order valence-corrected chi connectivity index (χ4v) is 7.21. The van der Waals surface area contributed by atoms with Crippen molar-refractivity contribution in [1.29, 1.82) is 0 Å². The van der Waals surface area contributed by atoms with Gasteiger partial charge >= 0.3 is 111 Å². The molecule has 0 aromatic carbocycles. The van der Waals surface area contributed by atoms with E-state index >= 15 is 0 Å². The molecule has 0 N–H and O–H groups in total. The fourth-order valence-electron chi connectivity index (χ4n) is 2.34. The van der Waals surface area contributed by atoms with Gasteiger partial charge in [0.2, 0.25) is 0 Å². The Labute approximate surface area is 135 Å². The molecule has 2 aliphatic carbocycles. The molecule has 0 aromatic rings. The molecule has 0 radical (unpaired) electrons. The molecular formula is C15H20Cl2Zr. The second kappa shape index (κ2) is 6.25. The van der Waals surface area contributed by atoms with E-state index in [4.69, 9.17) is 0 Å². The summed E-state index contributed by atoms with van der Waals surface area (Å²) in [4.78, 5) is 0. The van der Waals surface area contributed by atoms with Crippen molar-refractivity contribution in [2.45, 2.75) is 33.9 Å². The minimum Gasteiger partial charge on any atom is -1.00 e. The molecule has 0 unspecified atom stereocenters. The molecule has 0 spiro atoms. The van der Waals surface area contributed by atoms with Gasteiger partial charge in [0, 0.05) is 0 Å². The summed E-state index contributed by atoms with van der Waals surface area (Å²) in [5.41, 5.74) is 0.343. The van der Waals surface area contributed by atoms with Crippen LogP contribution in [0.4, 0.5) is 0 Å². The largest absolute Gasteiger partial charge is 1.00 e. The molecule has 0 amide bonds. The van der Waals surface area contributed by atoms with Gasteiger partial charge in [-0.25, -0.2) is 0 Å². The molecule has 0 atom stereocenters. The Kier molecular flexibility index (Phi) is 6.40. The van der Waals surface area contributed by atoms with Crippen LogP contribution in [0.3, 0.4) is 0 Å². The average Bonchev–Trinajstić information content (AvgIpc) is 2.74. The van der Waals surface area contributed by atoms with E-state index in [2.05, 4.69) is 76.3 Å². The third-order valence-corrected chi connectivity index (χ3v) is 9.37. The average molecular weight is 362 g/mol. The first-order valence-electron chi connectivity index (χ1n) is 5.90. The van der Waals surface area contributed by atoms with Crippen molar-refractivity contribution in [2.24, 2.45) is 5.41 Å². The summed E-state index contributed by atoms with van der Waals surface area (Å²) in [7, 11) is 0. The first-order chi connectivity index (χ1) is 7.37. The summed E-state index contributed by atoms with van der Waals surface area (Å²) in [5.74, 6) is 0. The van der Waals surface area contributed by atoms with E-state index < -0.39 is 23.2 Å². The Hall–Kier alpha value is 0.423. The van der Waals surface area contributed by atoms with Gasteiger partial charge in [-0.05, 0) is 0 Å². The summed E-state index contributed by atoms with van der Waals surface area (Å²) in [6.07, 6.45) is 18.6. The zero-order valence-electron chi connectivity index (χ0n) is 11.4. The van der Waals surface area contributed by atoms with Crippen LogP contribution in [0.2, 0.25) is 6.25 Å². The number of rotatable bonds is 2. The van der Waals surface area contributed by atoms with Gasteiger partial charge in [-0.1, -0.05) is 0 Å². The maximum Gasteiger partial charge on any atom is -1.00 e. The van der Waals surface area contributed by atoms with E-state index in [0.29, 0.717) is 11.7 Å². The molecule has 0 aromatic heterocycles. The smallest absolute Gasteiger partial charge is 1.00 e. The number of hydrogen-bond acceptors (Lipinski definition) is 0. The van der Waals surface area contributed by atoms with Crippen molar-refractivity contribution in [3.8, 4) is 0 Å². The van der Waals surface area contributed by atoms with Crippen LogP contribution in [0.25, 0.3) is 0 Å². The zero-order valence-corrected chi connectivity index (χ0v) is 15.3. The van der Waals surface area contributed by atoms with E-state index in [9.17, 15) is 0 Å². The van der Waals surface area contributed by atoms with Crippen LogP contribution in [-0.4, -0.2) is 0 Å². The van der Waals surface area contributed by atoms with Crippen molar-refractivity contribution >= 4 is 0 Å². The number of halogens is 2. The molecule has 0 fully saturated rings. The van der Waals surface area contributed by atoms with Crippen molar-refractivity contribution in [3.05, 3.63) is 48.6 Å². The van der Waals surface area contributed by atoms with Gasteiger partial charge < -0.3 is 24.8 Å². The molecule has 0 saturated carbocycles. The summed E-state index contributed by atoms with van der Waals surface area (Å²) < 4.78 is 0.750. The van der Waals surface area contributed by atoms with Crippen molar-refractivity contribution < 1.29 is 48.0 Å². The third-order valence-electron chi connectivity index (χ3n) is 3.54. The topological polar surface area (TPSA) is 0 Å². The van der Waals surface area contributed by atoms with Crippen LogP contribution in [0.5, 0.6) is 0 Å². The summed E-state index contributed by atoms with van der Waals surface area (Å²) in [6.45, 7) is 9.52. The Morgan fingerprint density at radius 3 is 1.56 bits per heavy atom. The van der Waals surface area contributed by atoms with Gasteiger partial charge in [0.15, 0.2) is 0 Å². The first kappa shape index (κ1) is 18.4. The molecule has 0 heterocycles. The van der Waals surface area contributed by atoms with E-state index in [1.807, 2.05) is 0 Å². The minimum absolute atomic E-state index is 0. The van der Waals surface area contributed by atoms with Crippen LogP contribution in [0, 0.1) is 5.41 Å². The van der Waals surface area contributed by atoms with E-state index in [0.717, 1.165) is 0 Å². The summed E-state index contributed by atoms with van der Waals surface area (Å²) >= 11 is -0.615. The van der Waals surface area contributed by atoms with Crippen LogP contribution in [0.15, 0.2) is 48.6 Å². The molecule has 2 aliphatic rings. The molecule has 3 heteroatoms. The maximum atomic E-state index is 2.45. The molecule has 0 bridgehead atoms. The van der Waals surface area contributed by atoms with Crippen LogP contribution >= 0.6 is 0 Å². The Bertz CT molecular complexity index is 373. The SMILES string of the molecule is C[C]1([Zr+2][C]2(C(C)(C)C)C=CC=C2)C=CC=C1.[Cl-].[Cl-]. The van der Waals surface area contributed by atoms with Crippen LogP contribution in [0.1, 0.15) is 27.7 Å². The standard InChI is InChI=1S/C9H13.C6H7.2ClH.Zr/c1-9(2,3)8-6-4-5-7-8;1-6-4-2-3-5-6;;;/h4-7H,1-3H3;2-5H,1H3;2*1H;/q;;;;+2/p-2. The fraction of sp³-hybridized carbons (Fsp3) is 0.467. The van der Waals surface area contributed by atoms with Gasteiger partial charge in [0.25, 0.3) is 0 Å². The Morgan fingerprint density at radius 1 is 0.778 bits per heavy atom. The maximum absolute atomic E-state index is 2.45. The van der Waals surface area contributed by atoms with Gasteiger partial charge in [-0.2, -0.15) is 0 Å². The Balaban J connectivity index is 0.00000144. The third kappa shape index (κ3) is 3.50. The minimum atomic E-state index is -0.615. The van der Waals surface area contributed by atoms with Gasteiger partial charge in [-0.15, -0.1) is 0 Å². The van der Waals surface area contributed by atoms with Crippen LogP contribution < -0.4 is 24.8 Å². The molecule has 0 nitrogen and oxygen atoms in total. The number of hydrogen-bond donors (Lipinski definition) is 0. The second-order valence-corrected chi connectivity index (χ2v) is 11.3. The van der Waals surface area contributed by atoms with E-state index in [1.165, 1.54) is 0 Å². The normalized spacial score (nSPS) is 21.3. The van der Waals surface area contributed by atoms with Crippen molar-refractivity contribution in [2.75, 3.05) is 0 Å². The van der Waals surface area contributed by atoms with Gasteiger partial charge in [-0.3, -0.25) is 0 Å². The Morgan fingerprint density at radius 2 is 1.17 bits per heavy atom. The molecule has 2 rings (SSSR count). The predicted octanol–water partition coefficient (Wildman–Crippen LogP) is -1.29. The van der Waals surface area contributed by atoms with E-state index in [1.54, 1.807) is 0 Å². The van der Waals surface area contributed by atoms with Gasteiger partial charge in [0.1, 0.15) is 0 Å². The molecule has 98 valence electrons. The van der Waals surface area contributed by atoms with Crippen molar-refractivity contribution in [1.82, 2.24) is 0 Å². The molecule has 0 saturated heterocycles. The quantitative estimate of drug-likeness (QED) is 0.574. The summed E-state index contributed by atoms with van der Waals surface area (Å²) in [5, 5.41) is 0. The monoisotopic (exact) mass is 360 g/mol. The van der Waals surface area contributed by atoms with E-state index in [-0.39, 0.29) is 24.8 Å². The molecule has 0 aliphatic heterocycles. The first-order valence-corrected chi connectivity index (χ1v) is 8.36. The zero-order chi connectivity index (χ0) is 11.9. The molecule has 18 heavy (non-hydrogen) atoms.